The monoisotopic (exact) mass is 369 g/mol. The lowest BCUT2D eigenvalue weighted by atomic mass is 10.0. The highest BCUT2D eigenvalue weighted by Crippen LogP contribution is 2.31. The molecule has 0 saturated carbocycles. The highest BCUT2D eigenvalue weighted by Gasteiger charge is 2.36. The Bertz CT molecular complexity index is 781. The second kappa shape index (κ2) is 7.65. The first-order chi connectivity index (χ1) is 13.1. The lowest BCUT2D eigenvalue weighted by Crippen LogP contribution is -2.46. The largest absolute Gasteiger partial charge is 0.382 e. The Labute approximate surface area is 158 Å². The zero-order valence-electron chi connectivity index (χ0n) is 15.3. The van der Waals surface area contributed by atoms with Crippen molar-refractivity contribution in [2.24, 2.45) is 4.99 Å². The van der Waals surface area contributed by atoms with E-state index in [-0.39, 0.29) is 25.4 Å². The van der Waals surface area contributed by atoms with Crippen molar-refractivity contribution in [2.75, 3.05) is 31.5 Å². The molecule has 3 aliphatic rings. The molecule has 0 aliphatic carbocycles. The fraction of sp³-hybridized carbons (Fsp3) is 0.550. The van der Waals surface area contributed by atoms with Gasteiger partial charge in [-0.3, -0.25) is 14.7 Å². The smallest absolute Gasteiger partial charge is 0.237 e. The van der Waals surface area contributed by atoms with Gasteiger partial charge in [0, 0.05) is 49.4 Å². The molecule has 3 aliphatic heterocycles. The molecule has 1 N–H and O–H groups in total. The Morgan fingerprint density at radius 3 is 2.96 bits per heavy atom. The second-order valence-corrected chi connectivity index (χ2v) is 7.54. The summed E-state index contributed by atoms with van der Waals surface area (Å²) in [5, 5.41) is 12.7. The van der Waals surface area contributed by atoms with Crippen LogP contribution < -0.4 is 5.32 Å². The number of carbonyl (C=O) groups is 1. The van der Waals surface area contributed by atoms with E-state index in [1.165, 1.54) is 10.5 Å². The number of halogens is 1. The second-order valence-electron chi connectivity index (χ2n) is 7.54. The molecule has 2 fully saturated rings. The number of hydrogen-bond acceptors (Lipinski definition) is 5. The summed E-state index contributed by atoms with van der Waals surface area (Å²) < 4.78 is 13.5. The summed E-state index contributed by atoms with van der Waals surface area (Å²) in [5.74, 6) is -0.133. The molecular weight excluding hydrogens is 345 g/mol. The van der Waals surface area contributed by atoms with Crippen molar-refractivity contribution in [2.45, 2.75) is 43.9 Å². The number of anilines is 1. The lowest BCUT2D eigenvalue weighted by Gasteiger charge is -2.34. The Morgan fingerprint density at radius 1 is 1.37 bits per heavy atom. The van der Waals surface area contributed by atoms with Crippen LogP contribution in [0.5, 0.6) is 0 Å². The van der Waals surface area contributed by atoms with Crippen LogP contribution in [0.2, 0.25) is 0 Å². The van der Waals surface area contributed by atoms with Crippen molar-refractivity contribution < 1.29 is 9.18 Å². The van der Waals surface area contributed by atoms with Crippen LogP contribution in [0.25, 0.3) is 0 Å². The summed E-state index contributed by atoms with van der Waals surface area (Å²) in [4.78, 5) is 20.4. The van der Waals surface area contributed by atoms with Gasteiger partial charge in [-0.25, -0.2) is 4.39 Å². The molecule has 0 radical (unpaired) electrons. The van der Waals surface area contributed by atoms with Crippen molar-refractivity contribution >= 4 is 23.5 Å². The Hall–Kier alpha value is -2.46. The molecule has 0 bridgehead atoms. The van der Waals surface area contributed by atoms with Crippen LogP contribution >= 0.6 is 0 Å². The number of nitrogens with zero attached hydrogens (tertiary/aromatic N) is 4. The van der Waals surface area contributed by atoms with Crippen molar-refractivity contribution in [1.29, 1.82) is 5.26 Å². The van der Waals surface area contributed by atoms with E-state index in [0.29, 0.717) is 6.04 Å². The van der Waals surface area contributed by atoms with Gasteiger partial charge in [0.1, 0.15) is 12.2 Å². The average molecular weight is 369 g/mol. The van der Waals surface area contributed by atoms with E-state index in [1.54, 1.807) is 0 Å². The van der Waals surface area contributed by atoms with E-state index in [1.807, 2.05) is 24.4 Å². The molecule has 0 spiro atoms. The van der Waals surface area contributed by atoms with Gasteiger partial charge >= 0.3 is 0 Å². The predicted molar refractivity (Wildman–Crippen MR) is 102 cm³/mol. The van der Waals surface area contributed by atoms with Gasteiger partial charge in [0.25, 0.3) is 0 Å². The van der Waals surface area contributed by atoms with Crippen LogP contribution in [0, 0.1) is 11.3 Å². The van der Waals surface area contributed by atoms with E-state index in [2.05, 4.69) is 21.3 Å². The van der Waals surface area contributed by atoms with E-state index in [9.17, 15) is 9.18 Å². The first-order valence-corrected chi connectivity index (χ1v) is 9.60. The first-order valence-electron chi connectivity index (χ1n) is 9.60. The normalized spacial score (nSPS) is 25.4. The molecule has 0 unspecified atom stereocenters. The number of amides is 1. The molecule has 3 heterocycles. The van der Waals surface area contributed by atoms with Crippen LogP contribution in [0.3, 0.4) is 0 Å². The van der Waals surface area contributed by atoms with Gasteiger partial charge in [0.2, 0.25) is 5.91 Å². The van der Waals surface area contributed by atoms with Crippen molar-refractivity contribution in [3.05, 3.63) is 23.8 Å². The number of benzene rings is 1. The number of hydrogen-bond donors (Lipinski definition) is 1. The Morgan fingerprint density at radius 2 is 2.19 bits per heavy atom. The van der Waals surface area contributed by atoms with Crippen LogP contribution in [-0.4, -0.2) is 66.4 Å². The van der Waals surface area contributed by atoms with Crippen LogP contribution in [0.1, 0.15) is 24.8 Å². The van der Waals surface area contributed by atoms with Crippen LogP contribution in [0.4, 0.5) is 15.8 Å². The maximum Gasteiger partial charge on any atom is 0.237 e. The predicted octanol–water partition coefficient (Wildman–Crippen LogP) is 2.28. The standard InChI is InChI=1S/C20H24FN5O/c21-14-10-16(11-22)26(12-14)20(27)13-25-8-5-15(6-9-25)24-19-3-1-2-18-17(19)4-7-23-18/h1-3,7,14-16,24H,4-6,8-10,12-13H2/t14-,16-/m0/s1. The fourth-order valence-electron chi connectivity index (χ4n) is 4.20. The van der Waals surface area contributed by atoms with E-state index in [4.69, 9.17) is 5.26 Å². The maximum atomic E-state index is 13.5. The summed E-state index contributed by atoms with van der Waals surface area (Å²) in [7, 11) is 0. The minimum Gasteiger partial charge on any atom is -0.382 e. The first kappa shape index (κ1) is 17.9. The number of carbonyl (C=O) groups excluding carboxylic acids is 1. The minimum atomic E-state index is -1.08. The fourth-order valence-corrected chi connectivity index (χ4v) is 4.20. The van der Waals surface area contributed by atoms with Gasteiger partial charge < -0.3 is 10.2 Å². The molecule has 142 valence electrons. The molecule has 7 heteroatoms. The summed E-state index contributed by atoms with van der Waals surface area (Å²) >= 11 is 0. The molecular formula is C20H24FN5O. The number of nitriles is 1. The molecule has 0 aromatic heterocycles. The summed E-state index contributed by atoms with van der Waals surface area (Å²) in [6, 6.07) is 7.96. The van der Waals surface area contributed by atoms with Crippen molar-refractivity contribution in [3.8, 4) is 6.07 Å². The van der Waals surface area contributed by atoms with E-state index < -0.39 is 12.2 Å². The highest BCUT2D eigenvalue weighted by molar-refractivity contribution is 5.81. The van der Waals surface area contributed by atoms with Gasteiger partial charge in [-0.1, -0.05) is 6.07 Å². The molecule has 4 rings (SSSR count). The minimum absolute atomic E-state index is 0.0519. The number of piperidine rings is 1. The average Bonchev–Trinajstić information content (AvgIpc) is 3.30. The number of alkyl halides is 1. The number of fused-ring (bicyclic) bond motifs is 1. The summed E-state index contributed by atoms with van der Waals surface area (Å²) in [6.45, 7) is 1.96. The van der Waals surface area contributed by atoms with Gasteiger partial charge in [-0.05, 0) is 25.0 Å². The molecule has 1 aromatic carbocycles. The number of rotatable bonds is 4. The molecule has 2 saturated heterocycles. The number of aliphatic imine (C=N–C) groups is 1. The molecule has 1 amide bonds. The third kappa shape index (κ3) is 3.81. The van der Waals surface area contributed by atoms with Gasteiger partial charge in [-0.15, -0.1) is 0 Å². The molecule has 2 atom stereocenters. The van der Waals surface area contributed by atoms with Gasteiger partial charge in [0.05, 0.1) is 24.8 Å². The van der Waals surface area contributed by atoms with Crippen molar-refractivity contribution in [3.63, 3.8) is 0 Å². The third-order valence-electron chi connectivity index (χ3n) is 5.70. The van der Waals surface area contributed by atoms with Crippen molar-refractivity contribution in [1.82, 2.24) is 9.80 Å². The van der Waals surface area contributed by atoms with E-state index >= 15 is 0 Å². The highest BCUT2D eigenvalue weighted by atomic mass is 19.1. The van der Waals surface area contributed by atoms with Gasteiger partial charge in [0.15, 0.2) is 0 Å². The van der Waals surface area contributed by atoms with Crippen LogP contribution in [-0.2, 0) is 11.2 Å². The zero-order chi connectivity index (χ0) is 18.8. The van der Waals surface area contributed by atoms with Gasteiger partial charge in [-0.2, -0.15) is 5.26 Å². The lowest BCUT2D eigenvalue weighted by molar-refractivity contribution is -0.132. The zero-order valence-corrected chi connectivity index (χ0v) is 15.3. The summed E-state index contributed by atoms with van der Waals surface area (Å²) in [6.07, 6.45) is 3.77. The van der Waals surface area contributed by atoms with E-state index in [0.717, 1.165) is 43.7 Å². The van der Waals surface area contributed by atoms with Crippen LogP contribution in [0.15, 0.2) is 23.2 Å². The molecule has 1 aromatic rings. The topological polar surface area (TPSA) is 71.7 Å². The number of likely N-dealkylation sites (tertiary alicyclic amines) is 2. The summed E-state index contributed by atoms with van der Waals surface area (Å²) in [5.41, 5.74) is 3.46. The molecule has 6 nitrogen and oxygen atoms in total. The third-order valence-corrected chi connectivity index (χ3v) is 5.70. The Balaban J connectivity index is 1.28. The molecule has 27 heavy (non-hydrogen) atoms. The quantitative estimate of drug-likeness (QED) is 0.884. The Kier molecular flexibility index (Phi) is 5.08. The number of nitrogens with one attached hydrogen (secondary N) is 1. The maximum absolute atomic E-state index is 13.5. The SMILES string of the molecule is N#C[C@@H]1C[C@H](F)CN1C(=O)CN1CCC(Nc2cccc3c2CC=N3)CC1.